The average molecular weight is 242 g/mol. The molecule has 0 aliphatic carbocycles. The second-order valence-electron chi connectivity index (χ2n) is 3.61. The first-order valence-electron chi connectivity index (χ1n) is 5.87. The maximum atomic E-state index is 5.60. The van der Waals surface area contributed by atoms with Gasteiger partial charge in [-0.1, -0.05) is 0 Å². The van der Waals surface area contributed by atoms with Crippen molar-refractivity contribution in [2.75, 3.05) is 40.1 Å². The number of methoxy groups -OCH3 is 1. The largest absolute Gasteiger partial charge is 0.382 e. The van der Waals surface area contributed by atoms with Crippen molar-refractivity contribution in [3.05, 3.63) is 24.0 Å². The normalized spacial score (nSPS) is 10.9. The van der Waals surface area contributed by atoms with Crippen LogP contribution in [0.4, 0.5) is 0 Å². The first kappa shape index (κ1) is 14.2. The van der Waals surface area contributed by atoms with Gasteiger partial charge in [0.25, 0.3) is 0 Å². The van der Waals surface area contributed by atoms with E-state index in [1.165, 1.54) is 0 Å². The molecular formula is C12H22N2O3. The molecule has 0 aliphatic rings. The number of ether oxygens (including phenoxy) is 3. The summed E-state index contributed by atoms with van der Waals surface area (Å²) in [6.07, 6.45) is 2.01. The lowest BCUT2D eigenvalue weighted by Crippen LogP contribution is -2.13. The monoisotopic (exact) mass is 242 g/mol. The van der Waals surface area contributed by atoms with Crippen molar-refractivity contribution in [1.82, 2.24) is 4.57 Å². The van der Waals surface area contributed by atoms with Crippen LogP contribution in [0.15, 0.2) is 18.3 Å². The Morgan fingerprint density at radius 2 is 1.82 bits per heavy atom. The molecule has 2 N–H and O–H groups in total. The number of nitrogens with zero attached hydrogens (tertiary/aromatic N) is 1. The van der Waals surface area contributed by atoms with Crippen LogP contribution in [0.5, 0.6) is 0 Å². The van der Waals surface area contributed by atoms with E-state index in [-0.39, 0.29) is 0 Å². The zero-order chi connectivity index (χ0) is 12.3. The fourth-order valence-corrected chi connectivity index (χ4v) is 1.48. The molecule has 0 radical (unpaired) electrons. The number of hydrogen-bond donors (Lipinski definition) is 1. The van der Waals surface area contributed by atoms with E-state index in [9.17, 15) is 0 Å². The molecule has 5 nitrogen and oxygen atoms in total. The Balaban J connectivity index is 1.97. The number of nitrogens with two attached hydrogens (primary N) is 1. The predicted molar refractivity (Wildman–Crippen MR) is 65.8 cm³/mol. The standard InChI is InChI=1S/C12H22N2O3/c1-15-7-8-17-10-9-16-6-5-14-4-2-3-12(14)11-13/h2-4H,5-11,13H2,1H3. The molecule has 0 amide bonds. The van der Waals surface area contributed by atoms with Crippen LogP contribution >= 0.6 is 0 Å². The van der Waals surface area contributed by atoms with Crippen LogP contribution in [0.2, 0.25) is 0 Å². The third-order valence-electron chi connectivity index (χ3n) is 2.41. The van der Waals surface area contributed by atoms with E-state index in [1.807, 2.05) is 18.3 Å². The minimum Gasteiger partial charge on any atom is -0.382 e. The Kier molecular flexibility index (Phi) is 7.66. The highest BCUT2D eigenvalue weighted by Crippen LogP contribution is 2.00. The highest BCUT2D eigenvalue weighted by Gasteiger charge is 1.97. The minimum atomic E-state index is 0.563. The minimum absolute atomic E-state index is 0.563. The van der Waals surface area contributed by atoms with Crippen molar-refractivity contribution in [2.24, 2.45) is 5.73 Å². The summed E-state index contributed by atoms with van der Waals surface area (Å²) in [4.78, 5) is 0. The Labute approximate surface area is 102 Å². The molecule has 98 valence electrons. The maximum Gasteiger partial charge on any atom is 0.0701 e. The van der Waals surface area contributed by atoms with E-state index in [0.29, 0.717) is 39.6 Å². The Bertz CT molecular complexity index is 289. The van der Waals surface area contributed by atoms with Crippen molar-refractivity contribution < 1.29 is 14.2 Å². The van der Waals surface area contributed by atoms with Gasteiger partial charge >= 0.3 is 0 Å². The smallest absolute Gasteiger partial charge is 0.0701 e. The maximum absolute atomic E-state index is 5.60. The first-order valence-corrected chi connectivity index (χ1v) is 5.87. The lowest BCUT2D eigenvalue weighted by atomic mass is 10.4. The highest BCUT2D eigenvalue weighted by atomic mass is 16.5. The van der Waals surface area contributed by atoms with Gasteiger partial charge in [-0.3, -0.25) is 0 Å². The lowest BCUT2D eigenvalue weighted by Gasteiger charge is -2.08. The fraction of sp³-hybridized carbons (Fsp3) is 0.667. The topological polar surface area (TPSA) is 58.6 Å². The van der Waals surface area contributed by atoms with E-state index < -0.39 is 0 Å². The molecule has 1 rings (SSSR count). The van der Waals surface area contributed by atoms with Crippen molar-refractivity contribution in [3.8, 4) is 0 Å². The lowest BCUT2D eigenvalue weighted by molar-refractivity contribution is 0.0229. The molecule has 0 aliphatic heterocycles. The molecule has 1 aromatic heterocycles. The SMILES string of the molecule is COCCOCCOCCn1cccc1CN. The number of rotatable bonds is 10. The third kappa shape index (κ3) is 5.83. The quantitative estimate of drug-likeness (QED) is 0.611. The Morgan fingerprint density at radius 3 is 2.53 bits per heavy atom. The summed E-state index contributed by atoms with van der Waals surface area (Å²) in [5.74, 6) is 0. The van der Waals surface area contributed by atoms with E-state index in [2.05, 4.69) is 4.57 Å². The zero-order valence-corrected chi connectivity index (χ0v) is 10.4. The van der Waals surface area contributed by atoms with Gasteiger partial charge < -0.3 is 24.5 Å². The number of aromatic nitrogens is 1. The van der Waals surface area contributed by atoms with Gasteiger partial charge in [0.1, 0.15) is 0 Å². The van der Waals surface area contributed by atoms with Crippen LogP contribution in [0.25, 0.3) is 0 Å². The van der Waals surface area contributed by atoms with Gasteiger partial charge in [-0.25, -0.2) is 0 Å². The van der Waals surface area contributed by atoms with Gasteiger partial charge in [0, 0.05) is 32.1 Å². The molecule has 0 atom stereocenters. The number of hydrogen-bond acceptors (Lipinski definition) is 4. The Morgan fingerprint density at radius 1 is 1.12 bits per heavy atom. The van der Waals surface area contributed by atoms with Crippen LogP contribution in [-0.4, -0.2) is 44.7 Å². The summed E-state index contributed by atoms with van der Waals surface area (Å²) in [6.45, 7) is 4.54. The van der Waals surface area contributed by atoms with Gasteiger partial charge in [0.2, 0.25) is 0 Å². The van der Waals surface area contributed by atoms with Crippen LogP contribution in [0.3, 0.4) is 0 Å². The second kappa shape index (κ2) is 9.18. The summed E-state index contributed by atoms with van der Waals surface area (Å²) in [5, 5.41) is 0. The summed E-state index contributed by atoms with van der Waals surface area (Å²) in [5.41, 5.74) is 6.73. The summed E-state index contributed by atoms with van der Waals surface area (Å²) < 4.78 is 17.7. The van der Waals surface area contributed by atoms with Crippen LogP contribution < -0.4 is 5.73 Å². The molecule has 5 heteroatoms. The molecular weight excluding hydrogens is 220 g/mol. The Hall–Kier alpha value is -0.880. The third-order valence-corrected chi connectivity index (χ3v) is 2.41. The van der Waals surface area contributed by atoms with Gasteiger partial charge in [-0.05, 0) is 12.1 Å². The summed E-state index contributed by atoms with van der Waals surface area (Å²) in [7, 11) is 1.66. The fourth-order valence-electron chi connectivity index (χ4n) is 1.48. The molecule has 0 unspecified atom stereocenters. The van der Waals surface area contributed by atoms with Gasteiger partial charge in [0.15, 0.2) is 0 Å². The van der Waals surface area contributed by atoms with Crippen molar-refractivity contribution >= 4 is 0 Å². The molecule has 17 heavy (non-hydrogen) atoms. The molecule has 1 aromatic rings. The average Bonchev–Trinajstić information content (AvgIpc) is 2.80. The van der Waals surface area contributed by atoms with E-state index >= 15 is 0 Å². The van der Waals surface area contributed by atoms with Crippen molar-refractivity contribution in [3.63, 3.8) is 0 Å². The predicted octanol–water partition coefficient (Wildman–Crippen LogP) is 0.626. The molecule has 0 aromatic carbocycles. The van der Waals surface area contributed by atoms with Crippen LogP contribution in [0.1, 0.15) is 5.69 Å². The van der Waals surface area contributed by atoms with E-state index in [1.54, 1.807) is 7.11 Å². The summed E-state index contributed by atoms with van der Waals surface area (Å²) >= 11 is 0. The van der Waals surface area contributed by atoms with Crippen LogP contribution in [0, 0.1) is 0 Å². The van der Waals surface area contributed by atoms with Gasteiger partial charge in [-0.15, -0.1) is 0 Å². The zero-order valence-electron chi connectivity index (χ0n) is 10.4. The molecule has 0 saturated carbocycles. The first-order chi connectivity index (χ1) is 8.38. The van der Waals surface area contributed by atoms with E-state index in [4.69, 9.17) is 19.9 Å². The molecule has 0 fully saturated rings. The molecule has 0 saturated heterocycles. The second-order valence-corrected chi connectivity index (χ2v) is 3.61. The molecule has 0 bridgehead atoms. The summed E-state index contributed by atoms with van der Waals surface area (Å²) in [6, 6.07) is 4.02. The molecule has 0 spiro atoms. The van der Waals surface area contributed by atoms with Gasteiger partial charge in [0.05, 0.1) is 33.0 Å². The van der Waals surface area contributed by atoms with Gasteiger partial charge in [-0.2, -0.15) is 0 Å². The van der Waals surface area contributed by atoms with Crippen molar-refractivity contribution in [2.45, 2.75) is 13.1 Å². The molecule has 1 heterocycles. The van der Waals surface area contributed by atoms with Crippen LogP contribution in [-0.2, 0) is 27.3 Å². The van der Waals surface area contributed by atoms with E-state index in [0.717, 1.165) is 12.2 Å². The van der Waals surface area contributed by atoms with Crippen molar-refractivity contribution in [1.29, 1.82) is 0 Å². The highest BCUT2D eigenvalue weighted by molar-refractivity contribution is 5.06.